The van der Waals surface area contributed by atoms with E-state index in [-0.39, 0.29) is 18.4 Å². The van der Waals surface area contributed by atoms with Crippen LogP contribution in [0.4, 0.5) is 0 Å². The van der Waals surface area contributed by atoms with Crippen LogP contribution < -0.4 is 10.1 Å². The lowest BCUT2D eigenvalue weighted by Gasteiger charge is -2.42. The number of benzene rings is 1. The topological polar surface area (TPSA) is 78.9 Å². The van der Waals surface area contributed by atoms with Crippen LogP contribution in [0.15, 0.2) is 24.3 Å². The van der Waals surface area contributed by atoms with Crippen molar-refractivity contribution in [1.29, 1.82) is 0 Å². The molecule has 0 bridgehead atoms. The van der Waals surface area contributed by atoms with E-state index >= 15 is 0 Å². The van der Waals surface area contributed by atoms with Crippen LogP contribution in [0, 0.1) is 0 Å². The van der Waals surface area contributed by atoms with E-state index in [0.717, 1.165) is 17.7 Å². The summed E-state index contributed by atoms with van der Waals surface area (Å²) in [4.78, 5) is 25.1. The SMILES string of the molecule is O=C(O)CC1C(=O)NCCN1C1CCOc2ccccc21. The maximum atomic E-state index is 12.0. The first-order valence-corrected chi connectivity index (χ1v) is 7.14. The van der Waals surface area contributed by atoms with Crippen molar-refractivity contribution in [1.82, 2.24) is 10.2 Å². The van der Waals surface area contributed by atoms with E-state index in [1.807, 2.05) is 29.2 Å². The fourth-order valence-electron chi connectivity index (χ4n) is 3.15. The van der Waals surface area contributed by atoms with Gasteiger partial charge in [0.25, 0.3) is 0 Å². The highest BCUT2D eigenvalue weighted by Gasteiger charge is 2.38. The van der Waals surface area contributed by atoms with Crippen molar-refractivity contribution in [3.05, 3.63) is 29.8 Å². The lowest BCUT2D eigenvalue weighted by atomic mass is 9.95. The number of nitrogens with one attached hydrogen (secondary N) is 1. The number of carbonyl (C=O) groups excluding carboxylic acids is 1. The van der Waals surface area contributed by atoms with Gasteiger partial charge in [0.2, 0.25) is 5.91 Å². The monoisotopic (exact) mass is 290 g/mol. The normalized spacial score (nSPS) is 25.6. The van der Waals surface area contributed by atoms with Gasteiger partial charge in [0.05, 0.1) is 13.0 Å². The fourth-order valence-corrected chi connectivity index (χ4v) is 3.15. The Morgan fingerprint density at radius 3 is 3.05 bits per heavy atom. The van der Waals surface area contributed by atoms with Crippen LogP contribution in [-0.2, 0) is 9.59 Å². The molecule has 112 valence electrons. The van der Waals surface area contributed by atoms with Gasteiger partial charge in [0.1, 0.15) is 11.8 Å². The number of piperazine rings is 1. The Morgan fingerprint density at radius 1 is 1.43 bits per heavy atom. The second-order valence-corrected chi connectivity index (χ2v) is 5.33. The lowest BCUT2D eigenvalue weighted by Crippen LogP contribution is -2.57. The van der Waals surface area contributed by atoms with Crippen LogP contribution in [0.1, 0.15) is 24.4 Å². The summed E-state index contributed by atoms with van der Waals surface area (Å²) in [5, 5.41) is 11.8. The number of fused-ring (bicyclic) bond motifs is 1. The predicted molar refractivity (Wildman–Crippen MR) is 75.1 cm³/mol. The van der Waals surface area contributed by atoms with E-state index in [4.69, 9.17) is 9.84 Å². The number of hydrogen-bond donors (Lipinski definition) is 2. The van der Waals surface area contributed by atoms with Crippen molar-refractivity contribution in [2.75, 3.05) is 19.7 Å². The van der Waals surface area contributed by atoms with Gasteiger partial charge in [0.15, 0.2) is 0 Å². The zero-order valence-corrected chi connectivity index (χ0v) is 11.6. The zero-order chi connectivity index (χ0) is 14.8. The van der Waals surface area contributed by atoms with E-state index in [2.05, 4.69) is 5.32 Å². The van der Waals surface area contributed by atoms with Gasteiger partial charge < -0.3 is 15.2 Å². The number of rotatable bonds is 3. The third kappa shape index (κ3) is 2.71. The van der Waals surface area contributed by atoms with Crippen molar-refractivity contribution < 1.29 is 19.4 Å². The second-order valence-electron chi connectivity index (χ2n) is 5.33. The number of nitrogens with zero attached hydrogens (tertiary/aromatic N) is 1. The molecule has 1 amide bonds. The number of hydrogen-bond acceptors (Lipinski definition) is 4. The fraction of sp³-hybridized carbons (Fsp3) is 0.467. The summed E-state index contributed by atoms with van der Waals surface area (Å²) in [5.74, 6) is -0.330. The van der Waals surface area contributed by atoms with Crippen LogP contribution in [-0.4, -0.2) is 47.6 Å². The maximum Gasteiger partial charge on any atom is 0.305 e. The number of carboxylic acid groups (broad SMARTS) is 1. The van der Waals surface area contributed by atoms with E-state index in [9.17, 15) is 9.59 Å². The van der Waals surface area contributed by atoms with E-state index in [0.29, 0.717) is 19.7 Å². The average molecular weight is 290 g/mol. The molecular formula is C15H18N2O4. The highest BCUT2D eigenvalue weighted by molar-refractivity contribution is 5.86. The molecule has 2 N–H and O–H groups in total. The Labute approximate surface area is 122 Å². The van der Waals surface area contributed by atoms with Crippen molar-refractivity contribution >= 4 is 11.9 Å². The van der Waals surface area contributed by atoms with E-state index < -0.39 is 12.0 Å². The van der Waals surface area contributed by atoms with Gasteiger partial charge >= 0.3 is 5.97 Å². The number of ether oxygens (including phenoxy) is 1. The molecule has 2 unspecified atom stereocenters. The van der Waals surface area contributed by atoms with Crippen molar-refractivity contribution in [3.8, 4) is 5.75 Å². The summed E-state index contributed by atoms with van der Waals surface area (Å²) in [5.41, 5.74) is 1.04. The molecule has 2 heterocycles. The van der Waals surface area contributed by atoms with Crippen LogP contribution in [0.5, 0.6) is 5.75 Å². The number of para-hydroxylation sites is 1. The van der Waals surface area contributed by atoms with Gasteiger partial charge in [-0.3, -0.25) is 14.5 Å². The molecule has 6 heteroatoms. The van der Waals surface area contributed by atoms with Gasteiger partial charge in [-0.1, -0.05) is 18.2 Å². The van der Waals surface area contributed by atoms with Crippen LogP contribution in [0.2, 0.25) is 0 Å². The van der Waals surface area contributed by atoms with Crippen molar-refractivity contribution in [2.24, 2.45) is 0 Å². The molecule has 0 radical (unpaired) electrons. The smallest absolute Gasteiger partial charge is 0.305 e. The quantitative estimate of drug-likeness (QED) is 0.860. The molecule has 0 saturated carbocycles. The second kappa shape index (κ2) is 5.73. The van der Waals surface area contributed by atoms with Crippen LogP contribution in [0.3, 0.4) is 0 Å². The Morgan fingerprint density at radius 2 is 2.24 bits per heavy atom. The van der Waals surface area contributed by atoms with Crippen molar-refractivity contribution in [2.45, 2.75) is 24.9 Å². The molecule has 0 aliphatic carbocycles. The summed E-state index contributed by atoms with van der Waals surface area (Å²) in [6, 6.07) is 7.18. The Balaban J connectivity index is 1.90. The third-order valence-electron chi connectivity index (χ3n) is 4.07. The summed E-state index contributed by atoms with van der Waals surface area (Å²) < 4.78 is 5.64. The Bertz CT molecular complexity index is 560. The predicted octanol–water partition coefficient (Wildman–Crippen LogP) is 0.785. The van der Waals surface area contributed by atoms with Gasteiger partial charge in [-0.25, -0.2) is 0 Å². The first kappa shape index (κ1) is 13.9. The van der Waals surface area contributed by atoms with Crippen LogP contribution >= 0.6 is 0 Å². The van der Waals surface area contributed by atoms with E-state index in [1.165, 1.54) is 0 Å². The number of carbonyl (C=O) groups is 2. The molecule has 0 spiro atoms. The maximum absolute atomic E-state index is 12.0. The lowest BCUT2D eigenvalue weighted by molar-refractivity contribution is -0.144. The van der Waals surface area contributed by atoms with Crippen LogP contribution in [0.25, 0.3) is 0 Å². The van der Waals surface area contributed by atoms with Gasteiger partial charge in [-0.05, 0) is 6.07 Å². The average Bonchev–Trinajstić information content (AvgIpc) is 2.48. The molecule has 2 atom stereocenters. The minimum absolute atomic E-state index is 0.0327. The van der Waals surface area contributed by atoms with Gasteiger partial charge in [-0.15, -0.1) is 0 Å². The zero-order valence-electron chi connectivity index (χ0n) is 11.6. The number of amides is 1. The Kier molecular flexibility index (Phi) is 3.79. The standard InChI is InChI=1S/C15H18N2O4/c18-14(19)9-12-15(20)16-6-7-17(12)11-5-8-21-13-4-2-1-3-10(11)13/h1-4,11-12H,5-9H2,(H,16,20)(H,18,19). The minimum atomic E-state index is -0.956. The number of carboxylic acids is 1. The molecule has 1 fully saturated rings. The molecule has 0 aromatic heterocycles. The summed E-state index contributed by atoms with van der Waals surface area (Å²) in [6.07, 6.45) is 0.589. The molecule has 2 aliphatic heterocycles. The number of aliphatic carboxylic acids is 1. The van der Waals surface area contributed by atoms with Gasteiger partial charge in [0, 0.05) is 31.1 Å². The molecule has 2 aliphatic rings. The molecule has 1 aromatic carbocycles. The van der Waals surface area contributed by atoms with Gasteiger partial charge in [-0.2, -0.15) is 0 Å². The molecule has 21 heavy (non-hydrogen) atoms. The largest absolute Gasteiger partial charge is 0.493 e. The summed E-state index contributed by atoms with van der Waals surface area (Å²) in [7, 11) is 0. The minimum Gasteiger partial charge on any atom is -0.493 e. The molecular weight excluding hydrogens is 272 g/mol. The third-order valence-corrected chi connectivity index (χ3v) is 4.07. The first-order chi connectivity index (χ1) is 10.2. The molecule has 6 nitrogen and oxygen atoms in total. The Hall–Kier alpha value is -2.08. The highest BCUT2D eigenvalue weighted by atomic mass is 16.5. The van der Waals surface area contributed by atoms with E-state index in [1.54, 1.807) is 0 Å². The molecule has 1 aromatic rings. The summed E-state index contributed by atoms with van der Waals surface area (Å²) >= 11 is 0. The van der Waals surface area contributed by atoms with Crippen molar-refractivity contribution in [3.63, 3.8) is 0 Å². The highest BCUT2D eigenvalue weighted by Crippen LogP contribution is 2.37. The first-order valence-electron chi connectivity index (χ1n) is 7.14. The molecule has 1 saturated heterocycles. The summed E-state index contributed by atoms with van der Waals surface area (Å²) in [6.45, 7) is 1.79. The molecule has 3 rings (SSSR count).